The molecular formula is C12H21N3. The van der Waals surface area contributed by atoms with Crippen LogP contribution in [0, 0.1) is 0 Å². The Hall–Kier alpha value is -0.830. The summed E-state index contributed by atoms with van der Waals surface area (Å²) in [5.74, 6) is 0. The Labute approximate surface area is 91.9 Å². The average Bonchev–Trinajstić information content (AvgIpc) is 2.63. The SMILES string of the molecule is CCn1cc(C2(C)CCCCCN2)cn1. The lowest BCUT2D eigenvalue weighted by Crippen LogP contribution is -2.38. The predicted molar refractivity (Wildman–Crippen MR) is 61.7 cm³/mol. The Morgan fingerprint density at radius 2 is 2.33 bits per heavy atom. The summed E-state index contributed by atoms with van der Waals surface area (Å²) in [5.41, 5.74) is 1.48. The first-order chi connectivity index (χ1) is 7.24. The highest BCUT2D eigenvalue weighted by Crippen LogP contribution is 2.28. The minimum atomic E-state index is 0.143. The molecule has 0 spiro atoms. The maximum absolute atomic E-state index is 4.36. The summed E-state index contributed by atoms with van der Waals surface area (Å²) in [6, 6.07) is 0. The van der Waals surface area contributed by atoms with E-state index in [1.54, 1.807) is 0 Å². The van der Waals surface area contributed by atoms with Crippen molar-refractivity contribution in [2.75, 3.05) is 6.54 Å². The molecule has 84 valence electrons. The van der Waals surface area contributed by atoms with Crippen LogP contribution in [-0.2, 0) is 12.1 Å². The highest BCUT2D eigenvalue weighted by molar-refractivity contribution is 5.17. The topological polar surface area (TPSA) is 29.9 Å². The van der Waals surface area contributed by atoms with Crippen LogP contribution >= 0.6 is 0 Å². The molecule has 0 aromatic carbocycles. The smallest absolute Gasteiger partial charge is 0.0540 e. The zero-order valence-electron chi connectivity index (χ0n) is 9.79. The zero-order chi connectivity index (χ0) is 10.7. The lowest BCUT2D eigenvalue weighted by Gasteiger charge is -2.28. The fraction of sp³-hybridized carbons (Fsp3) is 0.750. The van der Waals surface area contributed by atoms with E-state index >= 15 is 0 Å². The number of aryl methyl sites for hydroxylation is 1. The number of nitrogens with one attached hydrogen (secondary N) is 1. The number of nitrogens with zero attached hydrogens (tertiary/aromatic N) is 2. The fourth-order valence-corrected chi connectivity index (χ4v) is 2.30. The molecule has 1 aliphatic rings. The van der Waals surface area contributed by atoms with Gasteiger partial charge in [0.15, 0.2) is 0 Å². The summed E-state index contributed by atoms with van der Waals surface area (Å²) in [7, 11) is 0. The van der Waals surface area contributed by atoms with Crippen LogP contribution in [0.4, 0.5) is 0 Å². The number of rotatable bonds is 2. The Balaban J connectivity index is 2.18. The Morgan fingerprint density at radius 1 is 1.47 bits per heavy atom. The predicted octanol–water partition coefficient (Wildman–Crippen LogP) is 2.28. The van der Waals surface area contributed by atoms with Gasteiger partial charge < -0.3 is 5.32 Å². The Kier molecular flexibility index (Phi) is 3.10. The van der Waals surface area contributed by atoms with Crippen molar-refractivity contribution >= 4 is 0 Å². The maximum Gasteiger partial charge on any atom is 0.0540 e. The van der Waals surface area contributed by atoms with Gasteiger partial charge in [0.25, 0.3) is 0 Å². The van der Waals surface area contributed by atoms with Gasteiger partial charge in [0.2, 0.25) is 0 Å². The molecule has 15 heavy (non-hydrogen) atoms. The van der Waals surface area contributed by atoms with E-state index in [1.807, 2.05) is 10.9 Å². The third-order valence-electron chi connectivity index (χ3n) is 3.46. The summed E-state index contributed by atoms with van der Waals surface area (Å²) in [6.45, 7) is 6.51. The molecule has 3 nitrogen and oxygen atoms in total. The normalized spacial score (nSPS) is 27.6. The van der Waals surface area contributed by atoms with Crippen molar-refractivity contribution in [1.29, 1.82) is 0 Å². The largest absolute Gasteiger partial charge is 0.308 e. The molecule has 1 N–H and O–H groups in total. The van der Waals surface area contributed by atoms with Gasteiger partial charge in [-0.25, -0.2) is 0 Å². The number of aromatic nitrogens is 2. The van der Waals surface area contributed by atoms with E-state index in [2.05, 4.69) is 30.5 Å². The standard InChI is InChI=1S/C12H21N3/c1-3-15-10-11(9-14-15)12(2)7-5-4-6-8-13-12/h9-10,13H,3-8H2,1-2H3. The molecule has 1 atom stereocenters. The molecular weight excluding hydrogens is 186 g/mol. The molecule has 1 aromatic heterocycles. The minimum absolute atomic E-state index is 0.143. The molecule has 2 heterocycles. The average molecular weight is 207 g/mol. The molecule has 1 aromatic rings. The second-order valence-corrected chi connectivity index (χ2v) is 4.65. The van der Waals surface area contributed by atoms with Gasteiger partial charge in [0.1, 0.15) is 0 Å². The molecule has 0 aliphatic carbocycles. The molecule has 1 unspecified atom stereocenters. The van der Waals surface area contributed by atoms with Gasteiger partial charge in [-0.2, -0.15) is 5.10 Å². The lowest BCUT2D eigenvalue weighted by atomic mass is 9.90. The van der Waals surface area contributed by atoms with Crippen LogP contribution < -0.4 is 5.32 Å². The molecule has 0 radical (unpaired) electrons. The van der Waals surface area contributed by atoms with Crippen LogP contribution in [0.25, 0.3) is 0 Å². The highest BCUT2D eigenvalue weighted by atomic mass is 15.3. The van der Waals surface area contributed by atoms with E-state index in [0.29, 0.717) is 0 Å². The third kappa shape index (κ3) is 2.23. The van der Waals surface area contributed by atoms with Gasteiger partial charge in [0, 0.05) is 23.8 Å². The molecule has 0 amide bonds. The summed E-state index contributed by atoms with van der Waals surface area (Å²) >= 11 is 0. The van der Waals surface area contributed by atoms with E-state index in [4.69, 9.17) is 0 Å². The van der Waals surface area contributed by atoms with Crippen LogP contribution in [0.1, 0.15) is 45.1 Å². The van der Waals surface area contributed by atoms with Crippen molar-refractivity contribution in [3.05, 3.63) is 18.0 Å². The van der Waals surface area contributed by atoms with E-state index in [-0.39, 0.29) is 5.54 Å². The summed E-state index contributed by atoms with van der Waals surface area (Å²) < 4.78 is 2.01. The first kappa shape index (κ1) is 10.7. The Bertz CT molecular complexity index is 308. The van der Waals surface area contributed by atoms with Gasteiger partial charge in [-0.15, -0.1) is 0 Å². The first-order valence-corrected chi connectivity index (χ1v) is 6.02. The summed E-state index contributed by atoms with van der Waals surface area (Å²) in [5, 5.41) is 8.02. The van der Waals surface area contributed by atoms with Crippen LogP contribution in [0.5, 0.6) is 0 Å². The molecule has 1 aliphatic heterocycles. The van der Waals surface area contributed by atoms with Crippen molar-refractivity contribution < 1.29 is 0 Å². The molecule has 1 fully saturated rings. The monoisotopic (exact) mass is 207 g/mol. The van der Waals surface area contributed by atoms with Crippen LogP contribution in [0.3, 0.4) is 0 Å². The van der Waals surface area contributed by atoms with Gasteiger partial charge in [-0.05, 0) is 33.2 Å². The van der Waals surface area contributed by atoms with Crippen molar-refractivity contribution in [3.63, 3.8) is 0 Å². The summed E-state index contributed by atoms with van der Waals surface area (Å²) in [4.78, 5) is 0. The maximum atomic E-state index is 4.36. The third-order valence-corrected chi connectivity index (χ3v) is 3.46. The van der Waals surface area contributed by atoms with Gasteiger partial charge in [-0.1, -0.05) is 12.8 Å². The second kappa shape index (κ2) is 4.35. The highest BCUT2D eigenvalue weighted by Gasteiger charge is 2.28. The lowest BCUT2D eigenvalue weighted by molar-refractivity contribution is 0.359. The van der Waals surface area contributed by atoms with Crippen LogP contribution in [0.2, 0.25) is 0 Å². The van der Waals surface area contributed by atoms with E-state index < -0.39 is 0 Å². The molecule has 0 bridgehead atoms. The zero-order valence-corrected chi connectivity index (χ0v) is 9.79. The van der Waals surface area contributed by atoms with Gasteiger partial charge in [0.05, 0.1) is 6.20 Å². The van der Waals surface area contributed by atoms with E-state index in [1.165, 1.54) is 31.2 Å². The molecule has 3 heteroatoms. The van der Waals surface area contributed by atoms with Crippen LogP contribution in [0.15, 0.2) is 12.4 Å². The van der Waals surface area contributed by atoms with Crippen molar-refractivity contribution in [3.8, 4) is 0 Å². The minimum Gasteiger partial charge on any atom is -0.308 e. The molecule has 1 saturated heterocycles. The quantitative estimate of drug-likeness (QED) is 0.806. The first-order valence-electron chi connectivity index (χ1n) is 6.02. The number of hydrogen-bond acceptors (Lipinski definition) is 2. The second-order valence-electron chi connectivity index (χ2n) is 4.65. The van der Waals surface area contributed by atoms with Crippen molar-refractivity contribution in [2.24, 2.45) is 0 Å². The fourth-order valence-electron chi connectivity index (χ4n) is 2.30. The molecule has 0 saturated carbocycles. The van der Waals surface area contributed by atoms with Crippen LogP contribution in [-0.4, -0.2) is 16.3 Å². The van der Waals surface area contributed by atoms with Gasteiger partial charge >= 0.3 is 0 Å². The van der Waals surface area contributed by atoms with E-state index in [0.717, 1.165) is 13.1 Å². The summed E-state index contributed by atoms with van der Waals surface area (Å²) in [6.07, 6.45) is 9.39. The van der Waals surface area contributed by atoms with Crippen molar-refractivity contribution in [1.82, 2.24) is 15.1 Å². The van der Waals surface area contributed by atoms with E-state index in [9.17, 15) is 0 Å². The Morgan fingerprint density at radius 3 is 3.07 bits per heavy atom. The number of hydrogen-bond donors (Lipinski definition) is 1. The van der Waals surface area contributed by atoms with Crippen molar-refractivity contribution in [2.45, 2.75) is 51.6 Å². The van der Waals surface area contributed by atoms with Gasteiger partial charge in [-0.3, -0.25) is 4.68 Å². The molecule has 2 rings (SSSR count).